The van der Waals surface area contributed by atoms with Gasteiger partial charge in [0.15, 0.2) is 0 Å². The second-order valence-corrected chi connectivity index (χ2v) is 5.62. The third-order valence-electron chi connectivity index (χ3n) is 4.19. The van der Waals surface area contributed by atoms with E-state index in [-0.39, 0.29) is 11.8 Å². The summed E-state index contributed by atoms with van der Waals surface area (Å²) in [6.07, 6.45) is 2.47. The zero-order valence-electron chi connectivity index (χ0n) is 14.9. The molecule has 1 atom stereocenters. The lowest BCUT2D eigenvalue weighted by molar-refractivity contribution is -0.120. The van der Waals surface area contributed by atoms with Crippen LogP contribution in [0.1, 0.15) is 42.9 Å². The molecule has 1 unspecified atom stereocenters. The number of aryl methyl sites for hydroxylation is 1. The van der Waals surface area contributed by atoms with Crippen molar-refractivity contribution >= 4 is 16.8 Å². The maximum atomic E-state index is 11.9. The Balaban J connectivity index is 0.00000100. The molecule has 3 nitrogen and oxygen atoms in total. The Hall–Kier alpha value is -2.55. The van der Waals surface area contributed by atoms with Gasteiger partial charge in [-0.25, -0.2) is 0 Å². The fourth-order valence-electron chi connectivity index (χ4n) is 2.90. The van der Waals surface area contributed by atoms with E-state index in [1.165, 1.54) is 22.1 Å². The van der Waals surface area contributed by atoms with Gasteiger partial charge in [-0.1, -0.05) is 50.2 Å². The maximum Gasteiger partial charge on any atom is 0.220 e. The number of fused-ring (bicyclic) bond motifs is 1. The summed E-state index contributed by atoms with van der Waals surface area (Å²) in [5.41, 5.74) is 4.69. The minimum atomic E-state index is 0.0553. The molecule has 0 fully saturated rings. The second-order valence-electron chi connectivity index (χ2n) is 5.62. The molecule has 3 heteroatoms. The molecule has 0 spiro atoms. The number of nitrogens with one attached hydrogen (secondary N) is 2. The van der Waals surface area contributed by atoms with Crippen LogP contribution in [0.2, 0.25) is 0 Å². The van der Waals surface area contributed by atoms with E-state index >= 15 is 0 Å². The molecule has 2 aromatic carbocycles. The highest BCUT2D eigenvalue weighted by Crippen LogP contribution is 2.31. The monoisotopic (exact) mass is 322 g/mol. The molecule has 0 saturated carbocycles. The van der Waals surface area contributed by atoms with Crippen LogP contribution >= 0.6 is 0 Å². The van der Waals surface area contributed by atoms with Crippen LogP contribution in [0.25, 0.3) is 10.9 Å². The Morgan fingerprint density at radius 2 is 1.79 bits per heavy atom. The van der Waals surface area contributed by atoms with E-state index in [1.807, 2.05) is 38.2 Å². The molecule has 2 N–H and O–H groups in total. The van der Waals surface area contributed by atoms with Crippen LogP contribution in [0.4, 0.5) is 0 Å². The summed E-state index contributed by atoms with van der Waals surface area (Å²) < 4.78 is 0. The van der Waals surface area contributed by atoms with Crippen LogP contribution in [0.15, 0.2) is 54.7 Å². The number of carbonyl (C=O) groups excluding carboxylic acids is 1. The van der Waals surface area contributed by atoms with E-state index in [4.69, 9.17) is 0 Å². The Morgan fingerprint density at radius 1 is 1.08 bits per heavy atom. The van der Waals surface area contributed by atoms with Gasteiger partial charge in [-0.3, -0.25) is 4.79 Å². The highest BCUT2D eigenvalue weighted by molar-refractivity contribution is 5.84. The van der Waals surface area contributed by atoms with Crippen LogP contribution < -0.4 is 5.32 Å². The van der Waals surface area contributed by atoms with Crippen LogP contribution in [0.5, 0.6) is 0 Å². The molecule has 0 bridgehead atoms. The van der Waals surface area contributed by atoms with Crippen LogP contribution in [0.3, 0.4) is 0 Å². The zero-order valence-corrected chi connectivity index (χ0v) is 14.9. The highest BCUT2D eigenvalue weighted by atomic mass is 16.1. The lowest BCUT2D eigenvalue weighted by atomic mass is 9.87. The van der Waals surface area contributed by atoms with Crippen molar-refractivity contribution in [1.29, 1.82) is 0 Å². The van der Waals surface area contributed by atoms with Crippen molar-refractivity contribution in [2.75, 3.05) is 7.05 Å². The predicted molar refractivity (Wildman–Crippen MR) is 101 cm³/mol. The van der Waals surface area contributed by atoms with E-state index < -0.39 is 0 Å². The molecule has 24 heavy (non-hydrogen) atoms. The lowest BCUT2D eigenvalue weighted by Crippen LogP contribution is -2.21. The first kappa shape index (κ1) is 17.8. The van der Waals surface area contributed by atoms with Crippen molar-refractivity contribution in [3.8, 4) is 0 Å². The van der Waals surface area contributed by atoms with Gasteiger partial charge in [0.1, 0.15) is 0 Å². The van der Waals surface area contributed by atoms with Gasteiger partial charge in [0.2, 0.25) is 5.91 Å². The standard InChI is InChI=1S/C19H20N2O.C2H6/c1-13-12-21-18-9-8-15(10-16(13)18)17(11-19(22)20-2)14-6-4-3-5-7-14;1-2/h3-10,12,17,21H,11H2,1-2H3,(H,20,22);1-2H3. The predicted octanol–water partition coefficient (Wildman–Crippen LogP) is 4.77. The smallest absolute Gasteiger partial charge is 0.220 e. The number of amides is 1. The molecular weight excluding hydrogens is 296 g/mol. The van der Waals surface area contributed by atoms with Crippen molar-refractivity contribution in [2.45, 2.75) is 33.1 Å². The summed E-state index contributed by atoms with van der Waals surface area (Å²) in [7, 11) is 1.68. The molecule has 0 aliphatic heterocycles. The number of hydrogen-bond donors (Lipinski definition) is 2. The number of aromatic amines is 1. The van der Waals surface area contributed by atoms with E-state index in [1.54, 1.807) is 7.05 Å². The van der Waals surface area contributed by atoms with Crippen LogP contribution in [-0.2, 0) is 4.79 Å². The fourth-order valence-corrected chi connectivity index (χ4v) is 2.90. The number of carbonyl (C=O) groups is 1. The Kier molecular flexibility index (Phi) is 6.19. The summed E-state index contributed by atoms with van der Waals surface area (Å²) >= 11 is 0. The number of H-pyrrole nitrogens is 1. The fraction of sp³-hybridized carbons (Fsp3) is 0.286. The van der Waals surface area contributed by atoms with E-state index in [9.17, 15) is 4.79 Å². The summed E-state index contributed by atoms with van der Waals surface area (Å²) in [6, 6.07) is 16.6. The quantitative estimate of drug-likeness (QED) is 0.714. The number of aromatic nitrogens is 1. The zero-order chi connectivity index (χ0) is 17.5. The van der Waals surface area contributed by atoms with Crippen molar-refractivity contribution in [3.63, 3.8) is 0 Å². The van der Waals surface area contributed by atoms with Gasteiger partial charge in [-0.2, -0.15) is 0 Å². The van der Waals surface area contributed by atoms with Crippen LogP contribution in [0, 0.1) is 6.92 Å². The van der Waals surface area contributed by atoms with E-state index in [0.29, 0.717) is 6.42 Å². The Morgan fingerprint density at radius 3 is 2.46 bits per heavy atom. The molecular formula is C21H26N2O. The first-order chi connectivity index (χ1) is 11.7. The van der Waals surface area contributed by atoms with Gasteiger partial charge in [0.25, 0.3) is 0 Å². The lowest BCUT2D eigenvalue weighted by Gasteiger charge is -2.17. The summed E-state index contributed by atoms with van der Waals surface area (Å²) in [4.78, 5) is 15.2. The van der Waals surface area contributed by atoms with Crippen LogP contribution in [-0.4, -0.2) is 17.9 Å². The van der Waals surface area contributed by atoms with Crippen molar-refractivity contribution in [1.82, 2.24) is 10.3 Å². The average molecular weight is 322 g/mol. The number of benzene rings is 2. The van der Waals surface area contributed by atoms with Gasteiger partial charge in [0, 0.05) is 36.5 Å². The Bertz CT molecular complexity index is 790. The molecule has 3 rings (SSSR count). The first-order valence-corrected chi connectivity index (χ1v) is 8.52. The van der Waals surface area contributed by atoms with Crippen molar-refractivity contribution in [2.24, 2.45) is 0 Å². The van der Waals surface area contributed by atoms with Gasteiger partial charge in [-0.05, 0) is 35.7 Å². The minimum Gasteiger partial charge on any atom is -0.361 e. The summed E-state index contributed by atoms with van der Waals surface area (Å²) in [6.45, 7) is 6.10. The Labute approximate surface area is 144 Å². The second kappa shape index (κ2) is 8.34. The summed E-state index contributed by atoms with van der Waals surface area (Å²) in [5, 5.41) is 3.95. The molecule has 0 saturated heterocycles. The van der Waals surface area contributed by atoms with Gasteiger partial charge >= 0.3 is 0 Å². The minimum absolute atomic E-state index is 0.0553. The molecule has 1 amide bonds. The largest absolute Gasteiger partial charge is 0.361 e. The van der Waals surface area contributed by atoms with E-state index in [2.05, 4.69) is 47.6 Å². The molecule has 126 valence electrons. The van der Waals surface area contributed by atoms with Gasteiger partial charge in [-0.15, -0.1) is 0 Å². The van der Waals surface area contributed by atoms with E-state index in [0.717, 1.165) is 5.52 Å². The molecule has 0 radical (unpaired) electrons. The summed E-state index contributed by atoms with van der Waals surface area (Å²) in [5.74, 6) is 0.125. The normalized spacial score (nSPS) is 11.5. The highest BCUT2D eigenvalue weighted by Gasteiger charge is 2.18. The van der Waals surface area contributed by atoms with Gasteiger partial charge in [0.05, 0.1) is 0 Å². The topological polar surface area (TPSA) is 44.9 Å². The van der Waals surface area contributed by atoms with Crippen molar-refractivity contribution < 1.29 is 4.79 Å². The molecule has 0 aliphatic rings. The number of hydrogen-bond acceptors (Lipinski definition) is 1. The third kappa shape index (κ3) is 3.85. The van der Waals surface area contributed by atoms with Gasteiger partial charge < -0.3 is 10.3 Å². The molecule has 1 aromatic heterocycles. The molecule has 0 aliphatic carbocycles. The average Bonchev–Trinajstić information content (AvgIpc) is 3.02. The third-order valence-corrected chi connectivity index (χ3v) is 4.19. The number of rotatable bonds is 4. The molecule has 3 aromatic rings. The SMILES string of the molecule is CC.CNC(=O)CC(c1ccccc1)c1ccc2[nH]cc(C)c2c1. The van der Waals surface area contributed by atoms with Crippen molar-refractivity contribution in [3.05, 3.63) is 71.4 Å². The molecule has 1 heterocycles. The maximum absolute atomic E-state index is 11.9. The first-order valence-electron chi connectivity index (χ1n) is 8.52.